The number of halogens is 3. The molecule has 1 aromatic rings. The van der Waals surface area contributed by atoms with Crippen molar-refractivity contribution in [3.63, 3.8) is 0 Å². The predicted molar refractivity (Wildman–Crippen MR) is 102 cm³/mol. The third-order valence-corrected chi connectivity index (χ3v) is 5.35. The molecular weight excluding hydrogens is 395 g/mol. The van der Waals surface area contributed by atoms with Crippen LogP contribution in [0.15, 0.2) is 24.3 Å². The standard InChI is InChI=1S/C19H28F3NO4S/c1-16(2,3)27-15(24)12-18(19(20,21)22,23-28(25)17(4,5)6)13-9-8-10-14(11-13)26-7/h8-11,23H,12H2,1-7H3/t18-,28-/m0/s1. The minimum atomic E-state index is -4.95. The van der Waals surface area contributed by atoms with Crippen molar-refractivity contribution in [2.75, 3.05) is 7.11 Å². The maximum Gasteiger partial charge on any atom is 0.412 e. The summed E-state index contributed by atoms with van der Waals surface area (Å²) in [5, 5.41) is 0. The molecular formula is C19H28F3NO4S. The Morgan fingerprint density at radius 3 is 2.11 bits per heavy atom. The number of alkyl halides is 3. The number of rotatable bonds is 6. The first-order chi connectivity index (χ1) is 12.5. The highest BCUT2D eigenvalue weighted by Gasteiger charge is 2.59. The molecule has 0 heterocycles. The molecule has 2 atom stereocenters. The van der Waals surface area contributed by atoms with Gasteiger partial charge in [-0.2, -0.15) is 13.2 Å². The molecule has 0 aromatic heterocycles. The van der Waals surface area contributed by atoms with Crippen molar-refractivity contribution >= 4 is 17.0 Å². The highest BCUT2D eigenvalue weighted by molar-refractivity contribution is 7.84. The molecule has 0 saturated heterocycles. The van der Waals surface area contributed by atoms with E-state index in [2.05, 4.69) is 4.72 Å². The van der Waals surface area contributed by atoms with Gasteiger partial charge >= 0.3 is 12.1 Å². The molecule has 0 spiro atoms. The smallest absolute Gasteiger partial charge is 0.412 e. The molecule has 1 rings (SSSR count). The number of carbonyl (C=O) groups is 1. The first kappa shape index (κ1) is 24.4. The van der Waals surface area contributed by atoms with Gasteiger partial charge in [0, 0.05) is 0 Å². The van der Waals surface area contributed by atoms with Gasteiger partial charge in [0.25, 0.3) is 0 Å². The van der Waals surface area contributed by atoms with E-state index < -0.39 is 45.4 Å². The normalized spacial score (nSPS) is 16.2. The quantitative estimate of drug-likeness (QED) is 0.696. The van der Waals surface area contributed by atoms with Crippen LogP contribution in [0.25, 0.3) is 0 Å². The molecule has 160 valence electrons. The molecule has 0 saturated carbocycles. The fraction of sp³-hybridized carbons (Fsp3) is 0.632. The summed E-state index contributed by atoms with van der Waals surface area (Å²) >= 11 is 0. The molecule has 0 unspecified atom stereocenters. The van der Waals surface area contributed by atoms with E-state index in [0.717, 1.165) is 0 Å². The van der Waals surface area contributed by atoms with E-state index in [0.29, 0.717) is 0 Å². The second kappa shape index (κ2) is 8.41. The molecule has 28 heavy (non-hydrogen) atoms. The first-order valence-electron chi connectivity index (χ1n) is 8.65. The second-order valence-electron chi connectivity index (χ2n) is 8.38. The largest absolute Gasteiger partial charge is 0.497 e. The van der Waals surface area contributed by atoms with Crippen molar-refractivity contribution in [3.05, 3.63) is 29.8 Å². The molecule has 5 nitrogen and oxygen atoms in total. The minimum Gasteiger partial charge on any atom is -0.497 e. The van der Waals surface area contributed by atoms with Crippen LogP contribution in [-0.2, 0) is 26.1 Å². The molecule has 0 aliphatic rings. The highest BCUT2D eigenvalue weighted by Crippen LogP contribution is 2.44. The zero-order valence-electron chi connectivity index (χ0n) is 17.2. The van der Waals surface area contributed by atoms with Gasteiger partial charge in [0.1, 0.15) is 11.4 Å². The Balaban J connectivity index is 3.59. The van der Waals surface area contributed by atoms with Crippen LogP contribution >= 0.6 is 0 Å². The van der Waals surface area contributed by atoms with E-state index in [1.807, 2.05) is 0 Å². The number of esters is 1. The van der Waals surface area contributed by atoms with Crippen LogP contribution in [0.5, 0.6) is 5.75 Å². The van der Waals surface area contributed by atoms with Crippen molar-refractivity contribution in [2.24, 2.45) is 0 Å². The van der Waals surface area contributed by atoms with Crippen molar-refractivity contribution in [3.8, 4) is 5.75 Å². The van der Waals surface area contributed by atoms with E-state index in [-0.39, 0.29) is 11.3 Å². The second-order valence-corrected chi connectivity index (χ2v) is 10.3. The van der Waals surface area contributed by atoms with Crippen LogP contribution in [0, 0.1) is 0 Å². The molecule has 0 amide bonds. The van der Waals surface area contributed by atoms with Gasteiger partial charge in [-0.15, -0.1) is 0 Å². The fourth-order valence-corrected chi connectivity index (χ4v) is 3.24. The zero-order valence-corrected chi connectivity index (χ0v) is 18.0. The van der Waals surface area contributed by atoms with Crippen molar-refractivity contribution in [1.82, 2.24) is 4.72 Å². The number of ether oxygens (including phenoxy) is 2. The number of benzene rings is 1. The third-order valence-electron chi connectivity index (χ3n) is 3.70. The minimum absolute atomic E-state index is 0.179. The maximum atomic E-state index is 14.4. The molecule has 0 fully saturated rings. The summed E-state index contributed by atoms with van der Waals surface area (Å²) in [6.07, 6.45) is -6.03. The lowest BCUT2D eigenvalue weighted by Gasteiger charge is -2.38. The van der Waals surface area contributed by atoms with Crippen LogP contribution in [0.3, 0.4) is 0 Å². The fourth-order valence-electron chi connectivity index (χ4n) is 2.31. The Kier molecular flexibility index (Phi) is 7.33. The van der Waals surface area contributed by atoms with Crippen molar-refractivity contribution in [2.45, 2.75) is 70.0 Å². The van der Waals surface area contributed by atoms with E-state index in [4.69, 9.17) is 9.47 Å². The Hall–Kier alpha value is -1.61. The highest BCUT2D eigenvalue weighted by atomic mass is 32.2. The topological polar surface area (TPSA) is 64.6 Å². The lowest BCUT2D eigenvalue weighted by molar-refractivity contribution is -0.205. The average molecular weight is 423 g/mol. The average Bonchev–Trinajstić information content (AvgIpc) is 2.50. The van der Waals surface area contributed by atoms with E-state index >= 15 is 0 Å². The Bertz CT molecular complexity index is 723. The summed E-state index contributed by atoms with van der Waals surface area (Å²) in [6, 6.07) is 5.25. The van der Waals surface area contributed by atoms with E-state index in [1.165, 1.54) is 52.1 Å². The van der Waals surface area contributed by atoms with Gasteiger partial charge in [0.05, 0.1) is 29.3 Å². The number of hydrogen-bond donors (Lipinski definition) is 1. The Labute approximate surface area is 166 Å². The molecule has 0 bridgehead atoms. The molecule has 0 aliphatic heterocycles. The summed E-state index contributed by atoms with van der Waals surface area (Å²) in [5.41, 5.74) is -4.17. The summed E-state index contributed by atoms with van der Waals surface area (Å²) in [6.45, 7) is 9.30. The summed E-state index contributed by atoms with van der Waals surface area (Å²) in [5.74, 6) is -0.885. The van der Waals surface area contributed by atoms with Crippen molar-refractivity contribution < 1.29 is 31.6 Å². The first-order valence-corrected chi connectivity index (χ1v) is 9.79. The molecule has 0 aliphatic carbocycles. The molecule has 9 heteroatoms. The predicted octanol–water partition coefficient (Wildman–Crippen LogP) is 4.24. The Morgan fingerprint density at radius 1 is 1.11 bits per heavy atom. The zero-order chi connectivity index (χ0) is 22.0. The lowest BCUT2D eigenvalue weighted by Crippen LogP contribution is -2.58. The maximum absolute atomic E-state index is 14.4. The van der Waals surface area contributed by atoms with Gasteiger partial charge in [0.15, 0.2) is 5.54 Å². The van der Waals surface area contributed by atoms with Gasteiger partial charge in [-0.3, -0.25) is 4.79 Å². The number of nitrogens with one attached hydrogen (secondary N) is 1. The summed E-state index contributed by atoms with van der Waals surface area (Å²) in [7, 11) is -0.798. The SMILES string of the molecule is COc1cccc([C@](CC(=O)OC(C)(C)C)(N[S@@](=O)C(C)(C)C)C(F)(F)F)c1. The van der Waals surface area contributed by atoms with E-state index in [9.17, 15) is 22.2 Å². The van der Waals surface area contributed by atoms with Crippen LogP contribution in [0.4, 0.5) is 13.2 Å². The summed E-state index contributed by atoms with van der Waals surface area (Å²) in [4.78, 5) is 12.4. The van der Waals surface area contributed by atoms with Gasteiger partial charge < -0.3 is 9.47 Å². The number of methoxy groups -OCH3 is 1. The van der Waals surface area contributed by atoms with Crippen LogP contribution < -0.4 is 9.46 Å². The van der Waals surface area contributed by atoms with Crippen molar-refractivity contribution in [1.29, 1.82) is 0 Å². The number of carbonyl (C=O) groups excluding carboxylic acids is 1. The molecule has 1 aromatic carbocycles. The van der Waals surface area contributed by atoms with Crippen LogP contribution in [0.2, 0.25) is 0 Å². The molecule has 0 radical (unpaired) electrons. The third kappa shape index (κ3) is 6.20. The van der Waals surface area contributed by atoms with Crippen LogP contribution in [-0.4, -0.2) is 33.8 Å². The number of hydrogen-bond acceptors (Lipinski definition) is 4. The molecule has 1 N–H and O–H groups in total. The van der Waals surface area contributed by atoms with Gasteiger partial charge in [-0.25, -0.2) is 8.93 Å². The lowest BCUT2D eigenvalue weighted by atomic mass is 9.86. The van der Waals surface area contributed by atoms with E-state index in [1.54, 1.807) is 20.8 Å². The summed E-state index contributed by atoms with van der Waals surface area (Å²) < 4.78 is 67.2. The van der Waals surface area contributed by atoms with Gasteiger partial charge in [-0.05, 0) is 59.2 Å². The Morgan fingerprint density at radius 2 is 1.68 bits per heavy atom. The monoisotopic (exact) mass is 423 g/mol. The van der Waals surface area contributed by atoms with Gasteiger partial charge in [0.2, 0.25) is 0 Å². The van der Waals surface area contributed by atoms with Gasteiger partial charge in [-0.1, -0.05) is 12.1 Å². The van der Waals surface area contributed by atoms with Crippen LogP contribution in [0.1, 0.15) is 53.5 Å².